The van der Waals surface area contributed by atoms with Crippen LogP contribution in [0.25, 0.3) is 0 Å². The SMILES string of the molecule is CCOC(=O)C1=C(CN2CCN(c3cccc(Cl)c3)CC2)NC(=O)N[C@@H]1c1ccc(OC)cc1. The Morgan fingerprint density at radius 3 is 2.50 bits per heavy atom. The van der Waals surface area contributed by atoms with Gasteiger partial charge in [-0.25, -0.2) is 9.59 Å². The highest BCUT2D eigenvalue weighted by Crippen LogP contribution is 2.30. The number of carbonyl (C=O) groups is 2. The van der Waals surface area contributed by atoms with Crippen LogP contribution < -0.4 is 20.3 Å². The summed E-state index contributed by atoms with van der Waals surface area (Å²) in [5, 5.41) is 6.44. The number of nitrogens with one attached hydrogen (secondary N) is 2. The summed E-state index contributed by atoms with van der Waals surface area (Å²) < 4.78 is 10.6. The van der Waals surface area contributed by atoms with Crippen LogP contribution in [0.3, 0.4) is 0 Å². The number of amides is 2. The van der Waals surface area contributed by atoms with Crippen LogP contribution >= 0.6 is 11.6 Å². The molecule has 1 saturated heterocycles. The summed E-state index contributed by atoms with van der Waals surface area (Å²) in [7, 11) is 1.59. The number of urea groups is 1. The second-order valence-corrected chi connectivity index (χ2v) is 8.60. The van der Waals surface area contributed by atoms with E-state index in [2.05, 4.69) is 26.5 Å². The van der Waals surface area contributed by atoms with Crippen molar-refractivity contribution in [2.24, 2.45) is 0 Å². The zero-order valence-electron chi connectivity index (χ0n) is 19.3. The van der Waals surface area contributed by atoms with Crippen LogP contribution in [0.15, 0.2) is 59.8 Å². The molecule has 2 aliphatic heterocycles. The lowest BCUT2D eigenvalue weighted by Gasteiger charge is -2.38. The number of halogens is 1. The van der Waals surface area contributed by atoms with E-state index in [9.17, 15) is 9.59 Å². The second-order valence-electron chi connectivity index (χ2n) is 8.16. The Bertz CT molecular complexity index is 1060. The molecule has 1 atom stereocenters. The van der Waals surface area contributed by atoms with Crippen LogP contribution in [-0.4, -0.2) is 63.3 Å². The number of hydrogen-bond acceptors (Lipinski definition) is 6. The van der Waals surface area contributed by atoms with E-state index in [1.807, 2.05) is 30.3 Å². The van der Waals surface area contributed by atoms with Crippen molar-refractivity contribution in [3.63, 3.8) is 0 Å². The van der Waals surface area contributed by atoms with Gasteiger partial charge in [0.1, 0.15) is 5.75 Å². The summed E-state index contributed by atoms with van der Waals surface area (Å²) in [5.74, 6) is 0.256. The van der Waals surface area contributed by atoms with Crippen molar-refractivity contribution in [2.75, 3.05) is 51.3 Å². The number of ether oxygens (including phenoxy) is 2. The first kappa shape index (κ1) is 23.9. The minimum Gasteiger partial charge on any atom is -0.497 e. The molecule has 0 aromatic heterocycles. The van der Waals surface area contributed by atoms with Crippen LogP contribution in [0.5, 0.6) is 5.75 Å². The van der Waals surface area contributed by atoms with Gasteiger partial charge in [0.05, 0.1) is 25.3 Å². The van der Waals surface area contributed by atoms with E-state index < -0.39 is 12.0 Å². The smallest absolute Gasteiger partial charge is 0.338 e. The minimum atomic E-state index is -0.610. The fraction of sp³-hybridized carbons (Fsp3) is 0.360. The molecule has 2 N–H and O–H groups in total. The number of carbonyl (C=O) groups excluding carboxylic acids is 2. The first-order valence-corrected chi connectivity index (χ1v) is 11.7. The Hall–Kier alpha value is -3.23. The fourth-order valence-electron chi connectivity index (χ4n) is 4.30. The number of methoxy groups -OCH3 is 1. The first-order valence-electron chi connectivity index (χ1n) is 11.3. The molecular weight excluding hydrogens is 456 g/mol. The van der Waals surface area contributed by atoms with Crippen molar-refractivity contribution in [2.45, 2.75) is 13.0 Å². The van der Waals surface area contributed by atoms with E-state index in [0.29, 0.717) is 28.6 Å². The Morgan fingerprint density at radius 1 is 1.12 bits per heavy atom. The van der Waals surface area contributed by atoms with Gasteiger partial charge < -0.3 is 25.0 Å². The Balaban J connectivity index is 1.55. The van der Waals surface area contributed by atoms with Crippen molar-refractivity contribution in [3.05, 3.63) is 70.4 Å². The highest BCUT2D eigenvalue weighted by Gasteiger charge is 2.34. The highest BCUT2D eigenvalue weighted by atomic mass is 35.5. The maximum Gasteiger partial charge on any atom is 0.338 e. The summed E-state index contributed by atoms with van der Waals surface area (Å²) >= 11 is 6.15. The van der Waals surface area contributed by atoms with Gasteiger partial charge in [-0.05, 0) is 42.8 Å². The lowest BCUT2D eigenvalue weighted by atomic mass is 9.94. The van der Waals surface area contributed by atoms with Crippen LogP contribution in [0.4, 0.5) is 10.5 Å². The molecular formula is C25H29ClN4O4. The molecule has 0 spiro atoms. The standard InChI is InChI=1S/C25H29ClN4O4/c1-3-34-24(31)22-21(27-25(32)28-23(22)17-7-9-20(33-2)10-8-17)16-29-11-13-30(14-12-29)19-6-4-5-18(26)15-19/h4-10,15,23H,3,11-14,16H2,1-2H3,(H2,27,28,32)/t23-/m1/s1. The molecule has 2 aliphatic rings. The van der Waals surface area contributed by atoms with Crippen molar-refractivity contribution in [1.29, 1.82) is 0 Å². The Kier molecular flexibility index (Phi) is 7.59. The predicted octanol–water partition coefficient (Wildman–Crippen LogP) is 3.34. The zero-order chi connectivity index (χ0) is 24.1. The predicted molar refractivity (Wildman–Crippen MR) is 131 cm³/mol. The quantitative estimate of drug-likeness (QED) is 0.586. The van der Waals surface area contributed by atoms with Gasteiger partial charge in [-0.1, -0.05) is 29.8 Å². The summed E-state index contributed by atoms with van der Waals surface area (Å²) in [6.07, 6.45) is 0. The molecule has 0 bridgehead atoms. The topological polar surface area (TPSA) is 83.1 Å². The summed E-state index contributed by atoms with van der Waals surface area (Å²) in [5.41, 5.74) is 2.86. The average Bonchev–Trinajstić information content (AvgIpc) is 2.84. The monoisotopic (exact) mass is 484 g/mol. The summed E-state index contributed by atoms with van der Waals surface area (Å²) in [6.45, 7) is 5.65. The average molecular weight is 485 g/mol. The van der Waals surface area contributed by atoms with E-state index in [4.69, 9.17) is 21.1 Å². The molecule has 9 heteroatoms. The zero-order valence-corrected chi connectivity index (χ0v) is 20.1. The van der Waals surface area contributed by atoms with E-state index in [0.717, 1.165) is 37.4 Å². The number of piperazine rings is 1. The molecule has 2 aromatic rings. The molecule has 0 radical (unpaired) electrons. The van der Waals surface area contributed by atoms with Gasteiger partial charge in [0, 0.05) is 49.1 Å². The normalized spacial score (nSPS) is 18.9. The van der Waals surface area contributed by atoms with Gasteiger partial charge in [-0.15, -0.1) is 0 Å². The Morgan fingerprint density at radius 2 is 1.85 bits per heavy atom. The molecule has 180 valence electrons. The number of anilines is 1. The van der Waals surface area contributed by atoms with Crippen molar-refractivity contribution in [3.8, 4) is 5.75 Å². The molecule has 4 rings (SSSR count). The highest BCUT2D eigenvalue weighted by molar-refractivity contribution is 6.30. The molecule has 1 fully saturated rings. The maximum absolute atomic E-state index is 13.0. The molecule has 0 aliphatic carbocycles. The van der Waals surface area contributed by atoms with E-state index in [1.165, 1.54) is 0 Å². The summed E-state index contributed by atoms with van der Waals surface area (Å²) in [4.78, 5) is 30.1. The summed E-state index contributed by atoms with van der Waals surface area (Å²) in [6, 6.07) is 14.2. The first-order chi connectivity index (χ1) is 16.5. The largest absolute Gasteiger partial charge is 0.497 e. The molecule has 2 aromatic carbocycles. The van der Waals surface area contributed by atoms with Gasteiger partial charge >= 0.3 is 12.0 Å². The van der Waals surface area contributed by atoms with Crippen LogP contribution in [0, 0.1) is 0 Å². The van der Waals surface area contributed by atoms with Crippen molar-refractivity contribution < 1.29 is 19.1 Å². The van der Waals surface area contributed by atoms with Gasteiger partial charge in [0.15, 0.2) is 0 Å². The van der Waals surface area contributed by atoms with Gasteiger partial charge in [0.25, 0.3) is 0 Å². The van der Waals surface area contributed by atoms with Gasteiger partial charge in [0.2, 0.25) is 0 Å². The third-order valence-electron chi connectivity index (χ3n) is 6.03. The van der Waals surface area contributed by atoms with Crippen LogP contribution in [-0.2, 0) is 9.53 Å². The molecule has 0 unspecified atom stereocenters. The third kappa shape index (κ3) is 5.46. The van der Waals surface area contributed by atoms with Crippen LogP contribution in [0.1, 0.15) is 18.5 Å². The third-order valence-corrected chi connectivity index (χ3v) is 6.26. The van der Waals surface area contributed by atoms with E-state index in [1.54, 1.807) is 26.2 Å². The lowest BCUT2D eigenvalue weighted by Crippen LogP contribution is -2.51. The second kappa shape index (κ2) is 10.8. The molecule has 2 amide bonds. The number of hydrogen-bond donors (Lipinski definition) is 2. The molecule has 8 nitrogen and oxygen atoms in total. The molecule has 2 heterocycles. The number of nitrogens with zero attached hydrogens (tertiary/aromatic N) is 2. The molecule has 0 saturated carbocycles. The molecule has 34 heavy (non-hydrogen) atoms. The fourth-order valence-corrected chi connectivity index (χ4v) is 4.48. The van der Waals surface area contributed by atoms with Gasteiger partial charge in [-0.2, -0.15) is 0 Å². The maximum atomic E-state index is 13.0. The number of rotatable bonds is 7. The lowest BCUT2D eigenvalue weighted by molar-refractivity contribution is -0.139. The Labute approximate surface area is 204 Å². The minimum absolute atomic E-state index is 0.247. The number of benzene rings is 2. The number of esters is 1. The van der Waals surface area contributed by atoms with E-state index >= 15 is 0 Å². The van der Waals surface area contributed by atoms with Gasteiger partial charge in [-0.3, -0.25) is 4.90 Å². The van der Waals surface area contributed by atoms with E-state index in [-0.39, 0.29) is 12.6 Å². The van der Waals surface area contributed by atoms with Crippen molar-refractivity contribution in [1.82, 2.24) is 15.5 Å². The van der Waals surface area contributed by atoms with Crippen LogP contribution in [0.2, 0.25) is 5.02 Å². The van der Waals surface area contributed by atoms with Crippen molar-refractivity contribution >= 4 is 29.3 Å².